The van der Waals surface area contributed by atoms with Crippen LogP contribution in [0.2, 0.25) is 0 Å². The van der Waals surface area contributed by atoms with Crippen molar-refractivity contribution >= 4 is 5.57 Å². The van der Waals surface area contributed by atoms with E-state index in [1.807, 2.05) is 0 Å². The highest BCUT2D eigenvalue weighted by molar-refractivity contribution is 5.87. The number of fused-ring (bicyclic) bond motifs is 5. The average Bonchev–Trinajstić information content (AvgIpc) is 3.34. The molecule has 0 heterocycles. The van der Waals surface area contributed by atoms with E-state index in [0.717, 1.165) is 0 Å². The molecule has 2 fully saturated rings. The van der Waals surface area contributed by atoms with E-state index in [2.05, 4.69) is 86.7 Å². The summed E-state index contributed by atoms with van der Waals surface area (Å²) in [6.07, 6.45) is 7.62. The van der Waals surface area contributed by atoms with Gasteiger partial charge >= 0.3 is 0 Å². The van der Waals surface area contributed by atoms with Crippen LogP contribution >= 0.6 is 0 Å². The number of benzene rings is 2. The molecule has 0 saturated heterocycles. The molecule has 128 valence electrons. The second kappa shape index (κ2) is 5.99. The molecule has 3 aliphatic carbocycles. The summed E-state index contributed by atoms with van der Waals surface area (Å²) >= 11 is 0. The van der Waals surface area contributed by atoms with Crippen molar-refractivity contribution in [2.45, 2.75) is 26.7 Å². The molecule has 0 heteroatoms. The molecule has 2 aromatic carbocycles. The van der Waals surface area contributed by atoms with Crippen LogP contribution in [0.25, 0.3) is 5.57 Å². The first-order valence-electron chi connectivity index (χ1n) is 9.70. The quantitative estimate of drug-likeness (QED) is 0.533. The summed E-state index contributed by atoms with van der Waals surface area (Å²) in [6.45, 7) is 4.58. The molecule has 0 radical (unpaired) electrons. The van der Waals surface area contributed by atoms with Crippen molar-refractivity contribution in [3.8, 4) is 0 Å². The van der Waals surface area contributed by atoms with Gasteiger partial charge < -0.3 is 0 Å². The van der Waals surface area contributed by atoms with Gasteiger partial charge in [-0.15, -0.1) is 0 Å². The van der Waals surface area contributed by atoms with E-state index in [1.54, 1.807) is 16.7 Å². The normalized spacial score (nSPS) is 23.0. The van der Waals surface area contributed by atoms with Crippen LogP contribution in [0, 0.1) is 11.8 Å². The van der Waals surface area contributed by atoms with Gasteiger partial charge in [0.2, 0.25) is 0 Å². The lowest BCUT2D eigenvalue weighted by Crippen LogP contribution is -1.99. The Morgan fingerprint density at radius 2 is 1.15 bits per heavy atom. The maximum absolute atomic E-state index is 2.48. The second-order valence-electron chi connectivity index (χ2n) is 7.90. The Bertz CT molecular complexity index is 903. The van der Waals surface area contributed by atoms with E-state index in [-0.39, 0.29) is 0 Å². The standard InChI is InChI=1S/C26H24/c1-17(2)25-21-13-14-22(25)24-16-20(15-23(21)24)26(18-9-5-3-6-10-18)19-11-7-4-8-12-19/h3-12,15-16,21-22H,13-14H2,1-2H3. The van der Waals surface area contributed by atoms with E-state index >= 15 is 0 Å². The number of rotatable bonds is 2. The molecule has 5 rings (SSSR count). The lowest BCUT2D eigenvalue weighted by molar-refractivity contribution is 0.658. The van der Waals surface area contributed by atoms with Crippen molar-refractivity contribution in [1.82, 2.24) is 0 Å². The molecule has 2 bridgehead atoms. The predicted molar refractivity (Wildman–Crippen MR) is 110 cm³/mol. The molecule has 26 heavy (non-hydrogen) atoms. The Balaban J connectivity index is 1.70. The Morgan fingerprint density at radius 1 is 0.692 bits per heavy atom. The van der Waals surface area contributed by atoms with Gasteiger partial charge in [-0.1, -0.05) is 84.0 Å². The maximum atomic E-state index is 2.48. The highest BCUT2D eigenvalue weighted by Crippen LogP contribution is 2.59. The number of hydrogen-bond donors (Lipinski definition) is 0. The van der Waals surface area contributed by atoms with Crippen LogP contribution in [0.3, 0.4) is 0 Å². The van der Waals surface area contributed by atoms with Crippen molar-refractivity contribution < 1.29 is 0 Å². The molecule has 3 aliphatic rings. The van der Waals surface area contributed by atoms with Gasteiger partial charge in [-0.3, -0.25) is 0 Å². The van der Waals surface area contributed by atoms with Crippen LogP contribution in [0.1, 0.15) is 37.8 Å². The second-order valence-corrected chi connectivity index (χ2v) is 7.90. The summed E-state index contributed by atoms with van der Waals surface area (Å²) in [6, 6.07) is 21.7. The molecule has 2 aromatic rings. The third kappa shape index (κ3) is 2.29. The topological polar surface area (TPSA) is 0 Å². The number of allylic oxidation sites excluding steroid dienone is 7. The Hall–Kier alpha value is -2.60. The van der Waals surface area contributed by atoms with Crippen molar-refractivity contribution in [3.63, 3.8) is 0 Å². The van der Waals surface area contributed by atoms with Gasteiger partial charge in [-0.05, 0) is 60.1 Å². The van der Waals surface area contributed by atoms with E-state index in [4.69, 9.17) is 0 Å². The molecular formula is C26H24. The fraction of sp³-hybridized carbons (Fsp3) is 0.231. The fourth-order valence-corrected chi connectivity index (χ4v) is 5.23. The lowest BCUT2D eigenvalue weighted by atomic mass is 9.92. The van der Waals surface area contributed by atoms with Gasteiger partial charge in [0.05, 0.1) is 0 Å². The smallest absolute Gasteiger partial charge is 0.00602 e. The third-order valence-electron chi connectivity index (χ3n) is 6.19. The largest absolute Gasteiger partial charge is 0.0760 e. The summed E-state index contributed by atoms with van der Waals surface area (Å²) in [7, 11) is 0. The fourth-order valence-electron chi connectivity index (χ4n) is 5.23. The van der Waals surface area contributed by atoms with Gasteiger partial charge in [0, 0.05) is 11.8 Å². The van der Waals surface area contributed by atoms with Crippen molar-refractivity contribution in [3.05, 3.63) is 112 Å². The summed E-state index contributed by atoms with van der Waals surface area (Å²) in [5, 5.41) is 0. The Kier molecular flexibility index (Phi) is 3.60. The minimum absolute atomic E-state index is 0.668. The Morgan fingerprint density at radius 3 is 1.58 bits per heavy atom. The summed E-state index contributed by atoms with van der Waals surface area (Å²) < 4.78 is 0. The minimum atomic E-state index is 0.668. The van der Waals surface area contributed by atoms with Gasteiger partial charge in [0.1, 0.15) is 0 Å². The molecular weight excluding hydrogens is 312 g/mol. The highest BCUT2D eigenvalue weighted by Gasteiger charge is 2.45. The molecule has 2 saturated carbocycles. The molecule has 2 unspecified atom stereocenters. The molecule has 0 aliphatic heterocycles. The zero-order valence-electron chi connectivity index (χ0n) is 15.5. The van der Waals surface area contributed by atoms with Crippen LogP contribution in [-0.4, -0.2) is 0 Å². The van der Waals surface area contributed by atoms with Crippen LogP contribution in [0.5, 0.6) is 0 Å². The third-order valence-corrected chi connectivity index (χ3v) is 6.19. The van der Waals surface area contributed by atoms with Gasteiger partial charge in [-0.2, -0.15) is 0 Å². The molecule has 2 atom stereocenters. The van der Waals surface area contributed by atoms with Crippen LogP contribution in [0.15, 0.2) is 101 Å². The molecule has 0 nitrogen and oxygen atoms in total. The van der Waals surface area contributed by atoms with E-state index in [9.17, 15) is 0 Å². The van der Waals surface area contributed by atoms with Crippen molar-refractivity contribution in [2.24, 2.45) is 11.8 Å². The van der Waals surface area contributed by atoms with Crippen LogP contribution in [-0.2, 0) is 0 Å². The zero-order chi connectivity index (χ0) is 17.7. The van der Waals surface area contributed by atoms with Gasteiger partial charge in [0.15, 0.2) is 0 Å². The summed E-state index contributed by atoms with van der Waals surface area (Å²) in [4.78, 5) is 0. The molecule has 0 aromatic heterocycles. The first-order valence-corrected chi connectivity index (χ1v) is 9.70. The number of hydrogen-bond acceptors (Lipinski definition) is 0. The molecule has 0 amide bonds. The van der Waals surface area contributed by atoms with Gasteiger partial charge in [0.25, 0.3) is 0 Å². The van der Waals surface area contributed by atoms with E-state index in [0.29, 0.717) is 11.8 Å². The van der Waals surface area contributed by atoms with E-state index < -0.39 is 0 Å². The summed E-state index contributed by atoms with van der Waals surface area (Å²) in [5.41, 5.74) is 11.8. The average molecular weight is 336 g/mol. The monoisotopic (exact) mass is 336 g/mol. The highest BCUT2D eigenvalue weighted by atomic mass is 14.5. The van der Waals surface area contributed by atoms with E-state index in [1.165, 1.54) is 40.7 Å². The SMILES string of the molecule is CC(C)=C1C2CCC1C1=CC(=C(c3ccccc3)c3ccccc3)C=C12. The molecule has 0 spiro atoms. The zero-order valence-corrected chi connectivity index (χ0v) is 15.5. The minimum Gasteiger partial charge on any atom is -0.0760 e. The predicted octanol–water partition coefficient (Wildman–Crippen LogP) is 6.73. The van der Waals surface area contributed by atoms with Crippen LogP contribution in [0.4, 0.5) is 0 Å². The molecule has 0 N–H and O–H groups in total. The van der Waals surface area contributed by atoms with Gasteiger partial charge in [-0.25, -0.2) is 0 Å². The first kappa shape index (κ1) is 15.6. The van der Waals surface area contributed by atoms with Crippen molar-refractivity contribution in [1.29, 1.82) is 0 Å². The first-order chi connectivity index (χ1) is 12.7. The Labute approximate surface area is 156 Å². The summed E-state index contributed by atoms with van der Waals surface area (Å²) in [5.74, 6) is 1.34. The van der Waals surface area contributed by atoms with Crippen molar-refractivity contribution in [2.75, 3.05) is 0 Å². The maximum Gasteiger partial charge on any atom is 0.00602 e. The van der Waals surface area contributed by atoms with Crippen LogP contribution < -0.4 is 0 Å². The lowest BCUT2D eigenvalue weighted by Gasteiger charge is -2.12.